The fourth-order valence-corrected chi connectivity index (χ4v) is 2.28. The zero-order chi connectivity index (χ0) is 13.8. The third kappa shape index (κ3) is 5.60. The van der Waals surface area contributed by atoms with Crippen molar-refractivity contribution in [3.63, 3.8) is 0 Å². The third-order valence-corrected chi connectivity index (χ3v) is 3.58. The van der Waals surface area contributed by atoms with E-state index in [1.54, 1.807) is 0 Å². The van der Waals surface area contributed by atoms with Crippen LogP contribution in [0, 0.1) is 5.82 Å². The van der Waals surface area contributed by atoms with Crippen LogP contribution in [0.1, 0.15) is 6.92 Å². The van der Waals surface area contributed by atoms with Crippen LogP contribution in [0.5, 0.6) is 0 Å². The molecular weight excluding hydrogens is 340 g/mol. The smallest absolute Gasteiger partial charge is 0.241 e. The summed E-state index contributed by atoms with van der Waals surface area (Å²) < 4.78 is 12.9. The van der Waals surface area contributed by atoms with Gasteiger partial charge in [0.2, 0.25) is 5.91 Å². The zero-order valence-electron chi connectivity index (χ0n) is 11.6. The number of carbonyl (C=O) groups excluding carboxylic acids is 1. The molecule has 2 rings (SSSR count). The Morgan fingerprint density at radius 3 is 2.57 bits per heavy atom. The molecule has 21 heavy (non-hydrogen) atoms. The van der Waals surface area contributed by atoms with Gasteiger partial charge in [-0.05, 0) is 25.1 Å². The molecule has 1 fully saturated rings. The minimum Gasteiger partial charge on any atom is -0.323 e. The standard InChI is InChI=1S/C13H17ClFN3O.2ClH/c1-9(18-6-4-16-5-7-18)13(19)17-12-3-2-10(15)8-11(12)14;;/h2-3,8-9,16H,4-7H2,1H3,(H,17,19);2*1H. The van der Waals surface area contributed by atoms with Crippen molar-refractivity contribution >= 4 is 48.0 Å². The van der Waals surface area contributed by atoms with E-state index >= 15 is 0 Å². The summed E-state index contributed by atoms with van der Waals surface area (Å²) in [5.41, 5.74) is 0.440. The maximum Gasteiger partial charge on any atom is 0.241 e. The highest BCUT2D eigenvalue weighted by Crippen LogP contribution is 2.22. The summed E-state index contributed by atoms with van der Waals surface area (Å²) in [7, 11) is 0. The molecule has 2 N–H and O–H groups in total. The number of hydrogen-bond acceptors (Lipinski definition) is 3. The first kappa shape index (κ1) is 20.4. The minimum absolute atomic E-state index is 0. The van der Waals surface area contributed by atoms with E-state index in [4.69, 9.17) is 11.6 Å². The lowest BCUT2D eigenvalue weighted by Gasteiger charge is -2.31. The molecule has 1 saturated heterocycles. The molecule has 0 spiro atoms. The number of halogens is 4. The van der Waals surface area contributed by atoms with Gasteiger partial charge < -0.3 is 10.6 Å². The highest BCUT2D eigenvalue weighted by Gasteiger charge is 2.23. The monoisotopic (exact) mass is 357 g/mol. The van der Waals surface area contributed by atoms with Crippen molar-refractivity contribution in [3.05, 3.63) is 29.0 Å². The Hall–Kier alpha value is -0.590. The minimum atomic E-state index is -0.418. The van der Waals surface area contributed by atoms with Crippen LogP contribution >= 0.6 is 36.4 Å². The second-order valence-corrected chi connectivity index (χ2v) is 4.98. The first-order chi connectivity index (χ1) is 9.08. The van der Waals surface area contributed by atoms with Crippen molar-refractivity contribution in [1.29, 1.82) is 0 Å². The molecule has 0 radical (unpaired) electrons. The van der Waals surface area contributed by atoms with Gasteiger partial charge in [-0.2, -0.15) is 0 Å². The molecule has 4 nitrogen and oxygen atoms in total. The normalized spacial score (nSPS) is 16.3. The zero-order valence-corrected chi connectivity index (χ0v) is 14.0. The highest BCUT2D eigenvalue weighted by atomic mass is 35.5. The second kappa shape index (κ2) is 9.43. The van der Waals surface area contributed by atoms with Crippen LogP contribution in [0.4, 0.5) is 10.1 Å². The Balaban J connectivity index is 0.00000200. The molecule has 0 saturated carbocycles. The molecule has 1 unspecified atom stereocenters. The summed E-state index contributed by atoms with van der Waals surface area (Å²) in [5, 5.41) is 6.18. The predicted molar refractivity (Wildman–Crippen MR) is 88.4 cm³/mol. The van der Waals surface area contributed by atoms with E-state index in [1.165, 1.54) is 18.2 Å². The van der Waals surface area contributed by atoms with Crippen molar-refractivity contribution in [3.8, 4) is 0 Å². The molecule has 1 heterocycles. The maximum atomic E-state index is 12.9. The van der Waals surface area contributed by atoms with E-state index in [1.807, 2.05) is 6.92 Å². The van der Waals surface area contributed by atoms with Crippen LogP contribution in [0.3, 0.4) is 0 Å². The number of nitrogens with one attached hydrogen (secondary N) is 2. The summed E-state index contributed by atoms with van der Waals surface area (Å²) in [6.07, 6.45) is 0. The van der Waals surface area contributed by atoms with Crippen molar-refractivity contribution in [2.45, 2.75) is 13.0 Å². The molecule has 1 amide bonds. The Morgan fingerprint density at radius 2 is 2.00 bits per heavy atom. The fourth-order valence-electron chi connectivity index (χ4n) is 2.06. The molecule has 120 valence electrons. The number of amides is 1. The molecule has 1 aromatic carbocycles. The van der Waals surface area contributed by atoms with Gasteiger partial charge in [-0.3, -0.25) is 9.69 Å². The van der Waals surface area contributed by atoms with E-state index in [0.29, 0.717) is 5.69 Å². The van der Waals surface area contributed by atoms with Gasteiger partial charge in [-0.25, -0.2) is 4.39 Å². The van der Waals surface area contributed by atoms with Gasteiger partial charge in [0, 0.05) is 26.2 Å². The maximum absolute atomic E-state index is 12.9. The van der Waals surface area contributed by atoms with Crippen LogP contribution in [0.25, 0.3) is 0 Å². The van der Waals surface area contributed by atoms with Gasteiger partial charge in [0.25, 0.3) is 0 Å². The number of piperazine rings is 1. The van der Waals surface area contributed by atoms with Crippen molar-refractivity contribution in [2.75, 3.05) is 31.5 Å². The van der Waals surface area contributed by atoms with Gasteiger partial charge >= 0.3 is 0 Å². The number of rotatable bonds is 3. The number of nitrogens with zero attached hydrogens (tertiary/aromatic N) is 1. The molecular formula is C13H19Cl3FN3O. The van der Waals surface area contributed by atoms with Crippen molar-refractivity contribution in [2.24, 2.45) is 0 Å². The van der Waals surface area contributed by atoms with Gasteiger partial charge in [-0.15, -0.1) is 24.8 Å². The molecule has 1 aliphatic heterocycles. The number of anilines is 1. The summed E-state index contributed by atoms with van der Waals surface area (Å²) in [6.45, 7) is 5.30. The summed E-state index contributed by atoms with van der Waals surface area (Å²) in [4.78, 5) is 14.2. The van der Waals surface area contributed by atoms with E-state index in [2.05, 4.69) is 15.5 Å². The lowest BCUT2D eigenvalue weighted by molar-refractivity contribution is -0.120. The summed E-state index contributed by atoms with van der Waals surface area (Å²) in [5.74, 6) is -0.548. The van der Waals surface area contributed by atoms with Gasteiger partial charge in [0.05, 0.1) is 16.8 Å². The molecule has 0 aromatic heterocycles. The SMILES string of the molecule is CC(C(=O)Nc1ccc(F)cc1Cl)N1CCNCC1.Cl.Cl. The Kier molecular flexibility index (Phi) is 9.17. The highest BCUT2D eigenvalue weighted by molar-refractivity contribution is 6.33. The van der Waals surface area contributed by atoms with E-state index in [-0.39, 0.29) is 41.8 Å². The first-order valence-electron chi connectivity index (χ1n) is 6.28. The molecule has 1 aromatic rings. The summed E-state index contributed by atoms with van der Waals surface area (Å²) in [6, 6.07) is 3.70. The van der Waals surface area contributed by atoms with E-state index in [9.17, 15) is 9.18 Å². The van der Waals surface area contributed by atoms with Gasteiger partial charge in [0.15, 0.2) is 0 Å². The quantitative estimate of drug-likeness (QED) is 0.873. The van der Waals surface area contributed by atoms with Crippen LogP contribution in [0.2, 0.25) is 5.02 Å². The van der Waals surface area contributed by atoms with Crippen LogP contribution < -0.4 is 10.6 Å². The average Bonchev–Trinajstić information content (AvgIpc) is 2.42. The molecule has 1 aliphatic rings. The van der Waals surface area contributed by atoms with Crippen molar-refractivity contribution in [1.82, 2.24) is 10.2 Å². The summed E-state index contributed by atoms with van der Waals surface area (Å²) >= 11 is 5.89. The number of benzene rings is 1. The van der Waals surface area contributed by atoms with Crippen LogP contribution in [-0.4, -0.2) is 43.0 Å². The molecule has 0 bridgehead atoms. The molecule has 1 atom stereocenters. The van der Waals surface area contributed by atoms with E-state index < -0.39 is 5.82 Å². The second-order valence-electron chi connectivity index (χ2n) is 4.58. The van der Waals surface area contributed by atoms with Crippen LogP contribution in [-0.2, 0) is 4.79 Å². The fraction of sp³-hybridized carbons (Fsp3) is 0.462. The van der Waals surface area contributed by atoms with Gasteiger partial charge in [-0.1, -0.05) is 11.6 Å². The van der Waals surface area contributed by atoms with Crippen molar-refractivity contribution < 1.29 is 9.18 Å². The first-order valence-corrected chi connectivity index (χ1v) is 6.66. The van der Waals surface area contributed by atoms with E-state index in [0.717, 1.165) is 26.2 Å². The predicted octanol–water partition coefficient (Wildman–Crippen LogP) is 2.55. The van der Waals surface area contributed by atoms with Gasteiger partial charge in [0.1, 0.15) is 5.82 Å². The lowest BCUT2D eigenvalue weighted by atomic mass is 10.2. The third-order valence-electron chi connectivity index (χ3n) is 3.27. The Labute approximate surface area is 141 Å². The topological polar surface area (TPSA) is 44.4 Å². The molecule has 0 aliphatic carbocycles. The average molecular weight is 359 g/mol. The Bertz CT molecular complexity index is 470. The number of carbonyl (C=O) groups is 1. The largest absolute Gasteiger partial charge is 0.323 e. The lowest BCUT2D eigenvalue weighted by Crippen LogP contribution is -2.51. The van der Waals surface area contributed by atoms with Crippen LogP contribution in [0.15, 0.2) is 18.2 Å². The Morgan fingerprint density at radius 1 is 1.38 bits per heavy atom. The number of hydrogen-bond donors (Lipinski definition) is 2. The molecule has 8 heteroatoms.